The van der Waals surface area contributed by atoms with Gasteiger partial charge in [-0.05, 0) is 29.3 Å². The summed E-state index contributed by atoms with van der Waals surface area (Å²) in [6, 6.07) is 18.5. The molecule has 0 spiro atoms. The van der Waals surface area contributed by atoms with Crippen LogP contribution in [-0.4, -0.2) is 4.98 Å². The highest BCUT2D eigenvalue weighted by Gasteiger charge is 2.41. The smallest absolute Gasteiger partial charge is 0.213 e. The van der Waals surface area contributed by atoms with Gasteiger partial charge in [-0.15, -0.1) is 0 Å². The molecule has 212 valence electrons. The van der Waals surface area contributed by atoms with Gasteiger partial charge in [-0.1, -0.05) is 0 Å². The highest BCUT2D eigenvalue weighted by Crippen LogP contribution is 2.56. The third-order valence-corrected chi connectivity index (χ3v) is 7.36. The fourth-order valence-electron chi connectivity index (χ4n) is 5.58. The van der Waals surface area contributed by atoms with Crippen LogP contribution in [0.15, 0.2) is 41.6 Å². The van der Waals surface area contributed by atoms with Crippen LogP contribution in [0.4, 0.5) is 13.2 Å². The molecule has 47 heavy (non-hydrogen) atoms. The molecule has 2 aliphatic carbocycles. The van der Waals surface area contributed by atoms with Crippen LogP contribution in [0.2, 0.25) is 0 Å². The lowest BCUT2D eigenvalue weighted by atomic mass is 9.86. The Hall–Kier alpha value is -8.25. The van der Waals surface area contributed by atoms with Gasteiger partial charge >= 0.3 is 0 Å². The third-order valence-electron chi connectivity index (χ3n) is 7.36. The Morgan fingerprint density at radius 2 is 1.02 bits per heavy atom. The maximum Gasteiger partial charge on any atom is 0.213 e. The summed E-state index contributed by atoms with van der Waals surface area (Å²) in [5.74, 6) is -3.50. The number of allylic oxidation sites excluding steroid dienone is 8. The quantitative estimate of drug-likeness (QED) is 0.257. The van der Waals surface area contributed by atoms with E-state index in [0.29, 0.717) is 12.1 Å². The average Bonchev–Trinajstić information content (AvgIpc) is 3.58. The Bertz CT molecular complexity index is 2560. The van der Waals surface area contributed by atoms with Crippen molar-refractivity contribution in [2.75, 3.05) is 0 Å². The van der Waals surface area contributed by atoms with E-state index in [1.54, 1.807) is 36.4 Å². The standard InChI is InChI=1S/C34H5F3N10/c35-26-3-20(27(36)1-15(26)5-38)34-25(13-46)32-22(30(34)17(8-41)9-42)2-21-29(16(6-39)7-40)33(24(12-45)31(21)23(32)11-44)19-4-28(37)47-14-18(19)10-43/h1-4,14H. The molecule has 1 heterocycles. The predicted molar refractivity (Wildman–Crippen MR) is 152 cm³/mol. The Labute approximate surface area is 262 Å². The molecule has 0 N–H and O–H groups in total. The van der Waals surface area contributed by atoms with Gasteiger partial charge in [0.05, 0.1) is 27.8 Å². The number of pyridine rings is 1. The van der Waals surface area contributed by atoms with Crippen LogP contribution in [-0.2, 0) is 0 Å². The lowest BCUT2D eigenvalue weighted by Gasteiger charge is -2.13. The molecule has 10 nitrogen and oxygen atoms in total. The zero-order valence-corrected chi connectivity index (χ0v) is 23.0. The van der Waals surface area contributed by atoms with E-state index in [1.807, 2.05) is 12.1 Å². The Morgan fingerprint density at radius 3 is 1.47 bits per heavy atom. The largest absolute Gasteiger partial charge is 0.227 e. The van der Waals surface area contributed by atoms with Crippen LogP contribution >= 0.6 is 0 Å². The van der Waals surface area contributed by atoms with Crippen LogP contribution in [0, 0.1) is 120 Å². The number of rotatable bonds is 2. The minimum absolute atomic E-state index is 0.177. The van der Waals surface area contributed by atoms with Gasteiger partial charge in [0.1, 0.15) is 77.4 Å². The van der Waals surface area contributed by atoms with Crippen molar-refractivity contribution in [2.45, 2.75) is 0 Å². The van der Waals surface area contributed by atoms with Gasteiger partial charge in [0.25, 0.3) is 0 Å². The summed E-state index contributed by atoms with van der Waals surface area (Å²) in [6.07, 6.45) is 0.859. The van der Waals surface area contributed by atoms with E-state index in [0.717, 1.165) is 18.3 Å². The predicted octanol–water partition coefficient (Wildman–Crippen LogP) is 5.61. The highest BCUT2D eigenvalue weighted by atomic mass is 19.1. The summed E-state index contributed by atoms with van der Waals surface area (Å²) in [7, 11) is 0. The molecule has 0 unspecified atom stereocenters. The number of halogens is 3. The number of nitriles is 9. The van der Waals surface area contributed by atoms with Crippen molar-refractivity contribution in [1.29, 1.82) is 47.4 Å². The minimum Gasteiger partial charge on any atom is -0.227 e. The van der Waals surface area contributed by atoms with Gasteiger partial charge in [-0.3, -0.25) is 0 Å². The fraction of sp³-hybridized carbons (Fsp3) is 0. The molecule has 1 aromatic heterocycles. The van der Waals surface area contributed by atoms with Crippen molar-refractivity contribution < 1.29 is 13.2 Å². The van der Waals surface area contributed by atoms with Crippen LogP contribution in [0.5, 0.6) is 0 Å². The van der Waals surface area contributed by atoms with E-state index in [2.05, 4.69) is 4.98 Å². The molecule has 2 aliphatic rings. The van der Waals surface area contributed by atoms with Crippen molar-refractivity contribution in [3.8, 4) is 54.6 Å². The third kappa shape index (κ3) is 4.23. The Kier molecular flexibility index (Phi) is 7.36. The number of hydrogen-bond donors (Lipinski definition) is 0. The number of nitrogens with zero attached hydrogens (tertiary/aromatic N) is 10. The minimum atomic E-state index is -1.21. The summed E-state index contributed by atoms with van der Waals surface area (Å²) in [6.45, 7) is 0. The average molecular weight is 610 g/mol. The van der Waals surface area contributed by atoms with Crippen LogP contribution in [0.3, 0.4) is 0 Å². The van der Waals surface area contributed by atoms with Gasteiger partial charge in [-0.25, -0.2) is 13.8 Å². The molecule has 0 saturated heterocycles. The molecule has 0 saturated carbocycles. The first-order valence-corrected chi connectivity index (χ1v) is 12.7. The molecule has 13 heteroatoms. The van der Waals surface area contributed by atoms with Crippen molar-refractivity contribution >= 4 is 33.4 Å². The van der Waals surface area contributed by atoms with E-state index in [9.17, 15) is 50.9 Å². The molecule has 0 bridgehead atoms. The molecule has 0 amide bonds. The molecular formula is C34H5F3N10. The molecule has 0 fully saturated rings. The van der Waals surface area contributed by atoms with Crippen molar-refractivity contribution in [2.24, 2.45) is 0 Å². The Morgan fingerprint density at radius 1 is 0.511 bits per heavy atom. The zero-order valence-electron chi connectivity index (χ0n) is 23.0. The van der Waals surface area contributed by atoms with Crippen LogP contribution in [0.1, 0.15) is 50.1 Å². The second kappa shape index (κ2) is 11.4. The molecular weight excluding hydrogens is 605 g/mol. The molecule has 0 aliphatic heterocycles. The number of aromatic nitrogens is 1. The van der Waals surface area contributed by atoms with E-state index in [4.69, 9.17) is 5.26 Å². The van der Waals surface area contributed by atoms with Gasteiger partial charge in [0.15, 0.2) is 0 Å². The summed E-state index contributed by atoms with van der Waals surface area (Å²) >= 11 is 0. The Balaban J connectivity index is 2.07. The second-order valence-electron chi connectivity index (χ2n) is 9.47. The van der Waals surface area contributed by atoms with Crippen molar-refractivity contribution in [3.63, 3.8) is 0 Å². The number of hydrogen-bond acceptors (Lipinski definition) is 10. The van der Waals surface area contributed by atoms with E-state index < -0.39 is 67.7 Å². The molecule has 3 aromatic rings. The van der Waals surface area contributed by atoms with E-state index in [-0.39, 0.29) is 44.5 Å². The zero-order chi connectivity index (χ0) is 34.2. The van der Waals surface area contributed by atoms with Crippen molar-refractivity contribution in [1.82, 2.24) is 4.98 Å². The topological polar surface area (TPSA) is 227 Å². The molecule has 2 aromatic carbocycles. The van der Waals surface area contributed by atoms with Crippen LogP contribution < -0.4 is 0 Å². The van der Waals surface area contributed by atoms with Crippen molar-refractivity contribution in [3.05, 3.63) is 109 Å². The molecule has 0 atom stereocenters. The maximum absolute atomic E-state index is 15.5. The first-order chi connectivity index (χ1) is 22.7. The van der Waals surface area contributed by atoms with Crippen LogP contribution in [0.25, 0.3) is 33.4 Å². The van der Waals surface area contributed by atoms with E-state index in [1.165, 1.54) is 6.07 Å². The number of benzene rings is 2. The fourth-order valence-corrected chi connectivity index (χ4v) is 5.58. The lowest BCUT2D eigenvalue weighted by Crippen LogP contribution is -2.00. The van der Waals surface area contributed by atoms with Gasteiger partial charge in [0.2, 0.25) is 5.95 Å². The monoisotopic (exact) mass is 610 g/mol. The summed E-state index contributed by atoms with van der Waals surface area (Å²) in [5, 5.41) is 89.8. The molecule has 5 rings (SSSR count). The lowest BCUT2D eigenvalue weighted by molar-refractivity contribution is 0.583. The second-order valence-corrected chi connectivity index (χ2v) is 9.47. The maximum atomic E-state index is 15.5. The normalized spacial score (nSPS) is 12.1. The van der Waals surface area contributed by atoms with Gasteiger partial charge in [0, 0.05) is 56.8 Å². The number of fused-ring (bicyclic) bond motifs is 2. The molecule has 0 radical (unpaired) electrons. The van der Waals surface area contributed by atoms with Gasteiger partial charge in [-0.2, -0.15) is 51.7 Å². The summed E-state index contributed by atoms with van der Waals surface area (Å²) in [4.78, 5) is 3.43. The summed E-state index contributed by atoms with van der Waals surface area (Å²) < 4.78 is 44.7. The van der Waals surface area contributed by atoms with Gasteiger partial charge < -0.3 is 0 Å². The summed E-state index contributed by atoms with van der Waals surface area (Å²) in [5.41, 5.74) is -7.01. The van der Waals surface area contributed by atoms with E-state index >= 15 is 4.39 Å². The highest BCUT2D eigenvalue weighted by molar-refractivity contribution is 6.31. The first kappa shape index (κ1) is 30.2. The first-order valence-electron chi connectivity index (χ1n) is 12.7. The SMILES string of the molecule is N#CC(C#N)=C1C(c2cc(F)c(C#N)cc2F)=C(C#N)c2c1cc1c(c2C#N)C(C#N)=C(c2cc(F)ncc2C#N)C1=C(C#N)C#N.